The van der Waals surface area contributed by atoms with Gasteiger partial charge in [0.2, 0.25) is 5.88 Å². The third-order valence-corrected chi connectivity index (χ3v) is 3.91. The minimum Gasteiger partial charge on any atom is -0.481 e. The Kier molecular flexibility index (Phi) is 5.65. The van der Waals surface area contributed by atoms with Crippen molar-refractivity contribution in [3.8, 4) is 17.0 Å². The number of hydrogen-bond donors (Lipinski definition) is 3. The van der Waals surface area contributed by atoms with Crippen molar-refractivity contribution in [1.29, 1.82) is 0 Å². The molecule has 1 atom stereocenters. The molecule has 8 heteroatoms. The standard InChI is InChI=1S/C18H21N5O3/c1-26-17-9-13(5-7-19-17)15-11-22-23(12-15)16-4-3-14(10-21-16)18(25)20-6-2-8-24/h3-5,7,9-12,16,21,24H,2,6,8H2,1H3,(H,20,25). The Labute approximate surface area is 151 Å². The molecule has 1 aliphatic heterocycles. The molecule has 136 valence electrons. The largest absolute Gasteiger partial charge is 0.481 e. The van der Waals surface area contributed by atoms with Gasteiger partial charge in [-0.2, -0.15) is 5.10 Å². The summed E-state index contributed by atoms with van der Waals surface area (Å²) >= 11 is 0. The number of dihydropyridines is 1. The molecule has 0 aliphatic carbocycles. The van der Waals surface area contributed by atoms with Gasteiger partial charge >= 0.3 is 0 Å². The van der Waals surface area contributed by atoms with Crippen LogP contribution in [0.1, 0.15) is 12.6 Å². The van der Waals surface area contributed by atoms with Gasteiger partial charge in [0, 0.05) is 43.4 Å². The minimum absolute atomic E-state index is 0.0560. The normalized spacial score (nSPS) is 15.9. The lowest BCUT2D eigenvalue weighted by Crippen LogP contribution is -2.30. The first-order valence-electron chi connectivity index (χ1n) is 8.29. The second-order valence-electron chi connectivity index (χ2n) is 5.70. The number of hydrogen-bond acceptors (Lipinski definition) is 6. The molecule has 3 heterocycles. The highest BCUT2D eigenvalue weighted by Gasteiger charge is 2.15. The quantitative estimate of drug-likeness (QED) is 0.641. The molecular weight excluding hydrogens is 334 g/mol. The van der Waals surface area contributed by atoms with Crippen molar-refractivity contribution >= 4 is 5.91 Å². The summed E-state index contributed by atoms with van der Waals surface area (Å²) in [6, 6.07) is 3.74. The van der Waals surface area contributed by atoms with E-state index >= 15 is 0 Å². The summed E-state index contributed by atoms with van der Waals surface area (Å²) in [4.78, 5) is 16.1. The number of aromatic nitrogens is 3. The minimum atomic E-state index is -0.179. The van der Waals surface area contributed by atoms with Crippen LogP contribution in [0.4, 0.5) is 0 Å². The Morgan fingerprint density at radius 3 is 3.08 bits per heavy atom. The van der Waals surface area contributed by atoms with Crippen LogP contribution >= 0.6 is 0 Å². The van der Waals surface area contributed by atoms with Crippen LogP contribution in [0.25, 0.3) is 11.1 Å². The van der Waals surface area contributed by atoms with E-state index in [0.717, 1.165) is 11.1 Å². The van der Waals surface area contributed by atoms with Gasteiger partial charge in [0.15, 0.2) is 0 Å². The van der Waals surface area contributed by atoms with Gasteiger partial charge in [0.25, 0.3) is 5.91 Å². The van der Waals surface area contributed by atoms with E-state index in [1.165, 1.54) is 0 Å². The van der Waals surface area contributed by atoms with Crippen LogP contribution in [-0.2, 0) is 4.79 Å². The average molecular weight is 355 g/mol. The highest BCUT2D eigenvalue weighted by Crippen LogP contribution is 2.23. The van der Waals surface area contributed by atoms with Crippen molar-refractivity contribution < 1.29 is 14.6 Å². The fraction of sp³-hybridized carbons (Fsp3) is 0.278. The van der Waals surface area contributed by atoms with Crippen LogP contribution in [0, 0.1) is 0 Å². The summed E-state index contributed by atoms with van der Waals surface area (Å²) in [6.45, 7) is 0.502. The smallest absolute Gasteiger partial charge is 0.252 e. The number of carbonyl (C=O) groups excluding carboxylic acids is 1. The fourth-order valence-electron chi connectivity index (χ4n) is 2.50. The predicted molar refractivity (Wildman–Crippen MR) is 96.1 cm³/mol. The zero-order valence-electron chi connectivity index (χ0n) is 14.4. The third-order valence-electron chi connectivity index (χ3n) is 3.91. The predicted octanol–water partition coefficient (Wildman–Crippen LogP) is 0.994. The van der Waals surface area contributed by atoms with E-state index in [9.17, 15) is 4.79 Å². The van der Waals surface area contributed by atoms with Gasteiger partial charge in [-0.1, -0.05) is 0 Å². The van der Waals surface area contributed by atoms with Gasteiger partial charge in [-0.15, -0.1) is 0 Å². The molecule has 2 aromatic heterocycles. The van der Waals surface area contributed by atoms with E-state index in [0.29, 0.717) is 24.4 Å². The second-order valence-corrected chi connectivity index (χ2v) is 5.70. The van der Waals surface area contributed by atoms with E-state index in [1.54, 1.807) is 36.5 Å². The van der Waals surface area contributed by atoms with Gasteiger partial charge in [-0.05, 0) is 30.2 Å². The summed E-state index contributed by atoms with van der Waals surface area (Å²) in [5.41, 5.74) is 2.44. The summed E-state index contributed by atoms with van der Waals surface area (Å²) in [7, 11) is 1.58. The third kappa shape index (κ3) is 4.09. The van der Waals surface area contributed by atoms with Gasteiger partial charge < -0.3 is 20.5 Å². The van der Waals surface area contributed by atoms with E-state index in [1.807, 2.05) is 24.4 Å². The van der Waals surface area contributed by atoms with Crippen LogP contribution in [0.3, 0.4) is 0 Å². The number of nitrogens with one attached hydrogen (secondary N) is 2. The van der Waals surface area contributed by atoms with Crippen molar-refractivity contribution in [3.05, 3.63) is 54.6 Å². The molecule has 8 nitrogen and oxygen atoms in total. The first-order chi connectivity index (χ1) is 12.7. The van der Waals surface area contributed by atoms with Crippen LogP contribution < -0.4 is 15.4 Å². The molecule has 1 amide bonds. The van der Waals surface area contributed by atoms with Crippen molar-refractivity contribution in [2.24, 2.45) is 0 Å². The lowest BCUT2D eigenvalue weighted by Gasteiger charge is -2.18. The number of methoxy groups -OCH3 is 1. The Bertz CT molecular complexity index is 828. The summed E-state index contributed by atoms with van der Waals surface area (Å²) in [5.74, 6) is 0.372. The van der Waals surface area contributed by atoms with E-state index in [4.69, 9.17) is 9.84 Å². The van der Waals surface area contributed by atoms with Crippen molar-refractivity contribution in [3.63, 3.8) is 0 Å². The first kappa shape index (κ1) is 17.7. The van der Waals surface area contributed by atoms with Crippen LogP contribution in [0.2, 0.25) is 0 Å². The zero-order chi connectivity index (χ0) is 18.4. The van der Waals surface area contributed by atoms with Crippen LogP contribution in [0.15, 0.2) is 54.6 Å². The van der Waals surface area contributed by atoms with Crippen LogP contribution in [0.5, 0.6) is 5.88 Å². The van der Waals surface area contributed by atoms with Gasteiger partial charge in [0.1, 0.15) is 6.17 Å². The molecule has 0 aromatic carbocycles. The number of nitrogens with zero attached hydrogens (tertiary/aromatic N) is 3. The Morgan fingerprint density at radius 1 is 1.46 bits per heavy atom. The number of rotatable bonds is 7. The Morgan fingerprint density at radius 2 is 2.35 bits per heavy atom. The number of pyridine rings is 1. The topological polar surface area (TPSA) is 101 Å². The number of aliphatic hydroxyl groups is 1. The van der Waals surface area contributed by atoms with E-state index in [2.05, 4.69) is 20.7 Å². The van der Waals surface area contributed by atoms with Crippen molar-refractivity contribution in [2.75, 3.05) is 20.3 Å². The fourth-order valence-corrected chi connectivity index (χ4v) is 2.50. The Balaban J connectivity index is 1.64. The first-order valence-corrected chi connectivity index (χ1v) is 8.29. The Hall–Kier alpha value is -3.13. The van der Waals surface area contributed by atoms with Crippen molar-refractivity contribution in [1.82, 2.24) is 25.4 Å². The van der Waals surface area contributed by atoms with E-state index in [-0.39, 0.29) is 18.7 Å². The molecule has 0 bridgehead atoms. The maximum absolute atomic E-state index is 12.0. The molecule has 1 unspecified atom stereocenters. The maximum Gasteiger partial charge on any atom is 0.252 e. The number of aliphatic hydroxyl groups excluding tert-OH is 1. The molecular formula is C18H21N5O3. The summed E-state index contributed by atoms with van der Waals surface area (Å²) < 4.78 is 6.92. The lowest BCUT2D eigenvalue weighted by atomic mass is 10.1. The zero-order valence-corrected chi connectivity index (χ0v) is 14.4. The number of amides is 1. The molecule has 0 radical (unpaired) electrons. The molecule has 0 spiro atoms. The second kappa shape index (κ2) is 8.30. The van der Waals surface area contributed by atoms with Gasteiger partial charge in [0.05, 0.1) is 18.9 Å². The SMILES string of the molecule is COc1cc(-c2cnn(C3C=CC(C(=O)NCCCO)=CN3)c2)ccn1. The van der Waals surface area contributed by atoms with Crippen LogP contribution in [-0.4, -0.2) is 46.0 Å². The molecule has 0 saturated heterocycles. The van der Waals surface area contributed by atoms with Gasteiger partial charge in [-0.25, -0.2) is 9.67 Å². The summed E-state index contributed by atoms with van der Waals surface area (Å²) in [5, 5.41) is 19.0. The van der Waals surface area contributed by atoms with Crippen molar-refractivity contribution in [2.45, 2.75) is 12.6 Å². The maximum atomic E-state index is 12.0. The monoisotopic (exact) mass is 355 g/mol. The van der Waals surface area contributed by atoms with Gasteiger partial charge in [-0.3, -0.25) is 4.79 Å². The highest BCUT2D eigenvalue weighted by molar-refractivity contribution is 5.96. The lowest BCUT2D eigenvalue weighted by molar-refractivity contribution is -0.117. The molecule has 3 rings (SSSR count). The molecule has 0 fully saturated rings. The molecule has 1 aliphatic rings. The highest BCUT2D eigenvalue weighted by atomic mass is 16.5. The van der Waals surface area contributed by atoms with E-state index < -0.39 is 0 Å². The molecule has 3 N–H and O–H groups in total. The molecule has 2 aromatic rings. The molecule has 26 heavy (non-hydrogen) atoms. The number of carbonyl (C=O) groups is 1. The number of ether oxygens (including phenoxy) is 1. The molecule has 0 saturated carbocycles. The summed E-state index contributed by atoms with van der Waals surface area (Å²) in [6.07, 6.45) is 11.0. The average Bonchev–Trinajstić information content (AvgIpc) is 3.18.